The van der Waals surface area contributed by atoms with Gasteiger partial charge in [0, 0.05) is 40.8 Å². The van der Waals surface area contributed by atoms with E-state index in [4.69, 9.17) is 4.98 Å². The largest absolute Gasteiger partial charge is 0.336 e. The smallest absolute Gasteiger partial charge is 0.159 e. The maximum atomic E-state index is 4.85. The van der Waals surface area contributed by atoms with E-state index >= 15 is 0 Å². The average molecular weight is 410 g/mol. The standard InChI is InChI=1S/C21H14N8S/c1-11-2-3-16(30-11)19-18-15(4-5-24-19)26-21(27-18)17-14-6-12(9-25-20(14)29-28-17)13-7-22-10-23-8-13/h2-10H,1H3,(H,26,27)(H,25,28,29). The van der Waals surface area contributed by atoms with E-state index in [1.54, 1.807) is 36.1 Å². The molecule has 30 heavy (non-hydrogen) atoms. The van der Waals surface area contributed by atoms with Crippen LogP contribution in [0.4, 0.5) is 0 Å². The Labute approximate surface area is 174 Å². The summed E-state index contributed by atoms with van der Waals surface area (Å²) in [7, 11) is 0. The minimum absolute atomic E-state index is 0.669. The van der Waals surface area contributed by atoms with E-state index in [1.165, 1.54) is 11.2 Å². The molecule has 144 valence electrons. The molecule has 6 heterocycles. The zero-order valence-corrected chi connectivity index (χ0v) is 16.6. The van der Waals surface area contributed by atoms with Gasteiger partial charge >= 0.3 is 0 Å². The summed E-state index contributed by atoms with van der Waals surface area (Å²) < 4.78 is 0. The molecular weight excluding hydrogens is 396 g/mol. The monoisotopic (exact) mass is 410 g/mol. The van der Waals surface area contributed by atoms with Crippen LogP contribution in [-0.4, -0.2) is 40.1 Å². The van der Waals surface area contributed by atoms with Crippen molar-refractivity contribution >= 4 is 33.4 Å². The summed E-state index contributed by atoms with van der Waals surface area (Å²) in [5.74, 6) is 0.669. The van der Waals surface area contributed by atoms with Crippen LogP contribution in [0, 0.1) is 6.92 Å². The van der Waals surface area contributed by atoms with Crippen molar-refractivity contribution in [2.75, 3.05) is 0 Å². The lowest BCUT2D eigenvalue weighted by Crippen LogP contribution is -1.86. The van der Waals surface area contributed by atoms with Gasteiger partial charge in [0.05, 0.1) is 15.8 Å². The molecule has 0 aliphatic carbocycles. The Kier molecular flexibility index (Phi) is 3.68. The Balaban J connectivity index is 1.52. The molecule has 0 fully saturated rings. The molecule has 9 heteroatoms. The highest BCUT2D eigenvalue weighted by Crippen LogP contribution is 2.33. The van der Waals surface area contributed by atoms with Crippen molar-refractivity contribution in [3.8, 4) is 33.2 Å². The highest BCUT2D eigenvalue weighted by Gasteiger charge is 2.17. The van der Waals surface area contributed by atoms with Gasteiger partial charge in [-0.15, -0.1) is 11.3 Å². The molecule has 8 nitrogen and oxygen atoms in total. The van der Waals surface area contributed by atoms with Crippen LogP contribution in [0.15, 0.2) is 55.4 Å². The van der Waals surface area contributed by atoms with Crippen molar-refractivity contribution in [1.82, 2.24) is 40.1 Å². The summed E-state index contributed by atoms with van der Waals surface area (Å²) in [5, 5.41) is 8.34. The number of nitrogens with one attached hydrogen (secondary N) is 2. The minimum Gasteiger partial charge on any atom is -0.336 e. The van der Waals surface area contributed by atoms with Crippen molar-refractivity contribution < 1.29 is 0 Å². The molecule has 0 spiro atoms. The summed E-state index contributed by atoms with van der Waals surface area (Å²) >= 11 is 1.70. The number of pyridine rings is 2. The number of thiophene rings is 1. The maximum Gasteiger partial charge on any atom is 0.159 e. The van der Waals surface area contributed by atoms with Gasteiger partial charge in [-0.05, 0) is 31.2 Å². The number of rotatable bonds is 3. The van der Waals surface area contributed by atoms with Crippen molar-refractivity contribution in [3.63, 3.8) is 0 Å². The first-order chi connectivity index (χ1) is 14.8. The van der Waals surface area contributed by atoms with E-state index in [0.717, 1.165) is 38.1 Å². The molecule has 0 saturated heterocycles. The minimum atomic E-state index is 0.669. The number of hydrogen-bond donors (Lipinski definition) is 2. The van der Waals surface area contributed by atoms with Crippen LogP contribution in [0.1, 0.15) is 4.88 Å². The molecule has 0 aliphatic rings. The first kappa shape index (κ1) is 16.9. The fraction of sp³-hybridized carbons (Fsp3) is 0.0476. The van der Waals surface area contributed by atoms with Gasteiger partial charge < -0.3 is 4.98 Å². The lowest BCUT2D eigenvalue weighted by Gasteiger charge is -2.00. The van der Waals surface area contributed by atoms with Gasteiger partial charge in [-0.1, -0.05) is 0 Å². The third kappa shape index (κ3) is 2.67. The first-order valence-electron chi connectivity index (χ1n) is 9.28. The van der Waals surface area contributed by atoms with Gasteiger partial charge in [-0.25, -0.2) is 19.9 Å². The van der Waals surface area contributed by atoms with Crippen LogP contribution in [0.3, 0.4) is 0 Å². The molecule has 2 N–H and O–H groups in total. The zero-order chi connectivity index (χ0) is 20.1. The van der Waals surface area contributed by atoms with Crippen LogP contribution in [0.25, 0.3) is 55.3 Å². The summed E-state index contributed by atoms with van der Waals surface area (Å²) in [6, 6.07) is 8.12. The quantitative estimate of drug-likeness (QED) is 0.448. The lowest BCUT2D eigenvalue weighted by molar-refractivity contribution is 1.09. The molecular formula is C21H14N8S. The summed E-state index contributed by atoms with van der Waals surface area (Å²) in [6.45, 7) is 2.09. The predicted molar refractivity (Wildman–Crippen MR) is 116 cm³/mol. The molecule has 0 aliphatic heterocycles. The molecule has 0 atom stereocenters. The van der Waals surface area contributed by atoms with Crippen LogP contribution in [0.2, 0.25) is 0 Å². The number of aryl methyl sites for hydroxylation is 1. The van der Waals surface area contributed by atoms with Gasteiger partial charge in [-0.2, -0.15) is 5.10 Å². The molecule has 0 aromatic carbocycles. The van der Waals surface area contributed by atoms with Crippen LogP contribution in [-0.2, 0) is 0 Å². The molecule has 0 bridgehead atoms. The SMILES string of the molecule is Cc1ccc(-c2nccc3[nH]c(-c4n[nH]c5ncc(-c6cncnc6)cc45)nc23)s1. The average Bonchev–Trinajstić information content (AvgIpc) is 3.51. The van der Waals surface area contributed by atoms with Crippen LogP contribution in [0.5, 0.6) is 0 Å². The second-order valence-corrected chi connectivity index (χ2v) is 8.16. The number of fused-ring (bicyclic) bond motifs is 2. The first-order valence-corrected chi connectivity index (χ1v) is 10.1. The molecule has 6 aromatic heterocycles. The Bertz CT molecular complexity index is 1510. The fourth-order valence-electron chi connectivity index (χ4n) is 3.48. The van der Waals surface area contributed by atoms with E-state index in [2.05, 4.69) is 54.2 Å². The summed E-state index contributed by atoms with van der Waals surface area (Å²) in [6.07, 6.45) is 8.61. The molecule has 0 unspecified atom stereocenters. The number of H-pyrrole nitrogens is 2. The van der Waals surface area contributed by atoms with Gasteiger partial charge in [0.1, 0.15) is 23.2 Å². The highest BCUT2D eigenvalue weighted by atomic mass is 32.1. The van der Waals surface area contributed by atoms with E-state index in [9.17, 15) is 0 Å². The zero-order valence-electron chi connectivity index (χ0n) is 15.8. The fourth-order valence-corrected chi connectivity index (χ4v) is 4.34. The Morgan fingerprint density at radius 1 is 0.933 bits per heavy atom. The third-order valence-electron chi connectivity index (χ3n) is 4.91. The van der Waals surface area contributed by atoms with Crippen LogP contribution >= 0.6 is 11.3 Å². The molecule has 0 saturated carbocycles. The summed E-state index contributed by atoms with van der Waals surface area (Å²) in [5.41, 5.74) is 5.82. The Hall–Kier alpha value is -3.98. The van der Waals surface area contributed by atoms with Crippen molar-refractivity contribution in [2.24, 2.45) is 0 Å². The summed E-state index contributed by atoms with van der Waals surface area (Å²) in [4.78, 5) is 27.8. The van der Waals surface area contributed by atoms with E-state index in [0.29, 0.717) is 17.2 Å². The lowest BCUT2D eigenvalue weighted by atomic mass is 10.1. The molecule has 6 rings (SSSR count). The maximum absolute atomic E-state index is 4.85. The van der Waals surface area contributed by atoms with Gasteiger partial charge in [0.2, 0.25) is 0 Å². The second-order valence-electron chi connectivity index (χ2n) is 6.87. The molecule has 0 radical (unpaired) electrons. The van der Waals surface area contributed by atoms with E-state index in [1.807, 2.05) is 12.1 Å². The van der Waals surface area contributed by atoms with Gasteiger partial charge in [0.25, 0.3) is 0 Å². The van der Waals surface area contributed by atoms with E-state index in [-0.39, 0.29) is 0 Å². The predicted octanol–water partition coefficient (Wildman–Crippen LogP) is 4.39. The van der Waals surface area contributed by atoms with Gasteiger partial charge in [0.15, 0.2) is 11.5 Å². The van der Waals surface area contributed by atoms with Crippen LogP contribution < -0.4 is 0 Å². The highest BCUT2D eigenvalue weighted by molar-refractivity contribution is 7.15. The Morgan fingerprint density at radius 2 is 1.83 bits per heavy atom. The third-order valence-corrected chi connectivity index (χ3v) is 5.92. The van der Waals surface area contributed by atoms with Crippen molar-refractivity contribution in [3.05, 3.63) is 60.3 Å². The molecule has 0 amide bonds. The van der Waals surface area contributed by atoms with Gasteiger partial charge in [-0.3, -0.25) is 10.1 Å². The number of aromatic amines is 2. The topological polar surface area (TPSA) is 109 Å². The number of imidazole rings is 1. The Morgan fingerprint density at radius 3 is 2.67 bits per heavy atom. The normalized spacial score (nSPS) is 11.5. The number of hydrogen-bond acceptors (Lipinski definition) is 7. The number of nitrogens with zero attached hydrogens (tertiary/aromatic N) is 6. The van der Waals surface area contributed by atoms with Crippen molar-refractivity contribution in [2.45, 2.75) is 6.92 Å². The van der Waals surface area contributed by atoms with Crippen molar-refractivity contribution in [1.29, 1.82) is 0 Å². The van der Waals surface area contributed by atoms with E-state index < -0.39 is 0 Å². The molecule has 6 aromatic rings. The second kappa shape index (κ2) is 6.53. The number of aromatic nitrogens is 8.